The van der Waals surface area contributed by atoms with Crippen LogP contribution in [0.4, 0.5) is 17.6 Å². The largest absolute Gasteiger partial charge is 0.480 e. The number of rotatable bonds is 16. The van der Waals surface area contributed by atoms with E-state index >= 15 is 0 Å². The lowest BCUT2D eigenvalue weighted by Gasteiger charge is -2.12. The van der Waals surface area contributed by atoms with Gasteiger partial charge in [-0.05, 0) is 74.5 Å². The molecule has 0 spiro atoms. The maximum Gasteiger partial charge on any atom is 0.426 e. The van der Waals surface area contributed by atoms with Crippen LogP contribution in [0.5, 0.6) is 11.8 Å². The van der Waals surface area contributed by atoms with E-state index < -0.39 is 180 Å². The van der Waals surface area contributed by atoms with E-state index in [1.54, 1.807) is 0 Å². The Balaban J connectivity index is 0.964. The molecule has 4 aromatic heterocycles. The third-order valence-corrected chi connectivity index (χ3v) is 14.8. The van der Waals surface area contributed by atoms with Gasteiger partial charge in [0.1, 0.15) is 56.8 Å². The number of nitrogens with one attached hydrogen (secondary N) is 2. The second-order valence-corrected chi connectivity index (χ2v) is 21.0. The number of aryl methyl sites for hydroxylation is 2. The topological polar surface area (TPSA) is 421 Å². The van der Waals surface area contributed by atoms with E-state index in [1.165, 1.54) is 23.3 Å². The zero-order chi connectivity index (χ0) is 65.1. The molecule has 0 aliphatic heterocycles. The first-order chi connectivity index (χ1) is 41.9. The molecular weight excluding hydrogens is 1240 g/mol. The quantitative estimate of drug-likeness (QED) is 0.0350. The lowest BCUT2D eigenvalue weighted by atomic mass is 9.97. The molecule has 0 fully saturated rings. The van der Waals surface area contributed by atoms with Crippen molar-refractivity contribution in [1.29, 1.82) is 0 Å². The van der Waals surface area contributed by atoms with Gasteiger partial charge in [-0.3, -0.25) is 28.8 Å². The normalized spacial score (nSPS) is 11.2. The van der Waals surface area contributed by atoms with Gasteiger partial charge in [-0.2, -0.15) is 0 Å². The molecule has 2 amide bonds. The summed E-state index contributed by atoms with van der Waals surface area (Å²) in [4.78, 5) is 181. The van der Waals surface area contributed by atoms with Crippen molar-refractivity contribution in [3.05, 3.63) is 177 Å². The summed E-state index contributed by atoms with van der Waals surface area (Å²) in [6, 6.07) is 7.23. The van der Waals surface area contributed by atoms with E-state index in [0.717, 1.165) is 51.4 Å². The van der Waals surface area contributed by atoms with Gasteiger partial charge in [0.15, 0.2) is 0 Å². The van der Waals surface area contributed by atoms with Gasteiger partial charge in [-0.15, -0.1) is 0 Å². The number of pyridine rings is 2. The van der Waals surface area contributed by atoms with E-state index in [0.29, 0.717) is 48.5 Å². The summed E-state index contributed by atoms with van der Waals surface area (Å²) in [5.74, 6) is -29.0. The highest BCUT2D eigenvalue weighted by atomic mass is 32.2. The summed E-state index contributed by atoms with van der Waals surface area (Å²) in [7, 11) is -8.17. The Hall–Kier alpha value is -11.9. The predicted molar refractivity (Wildman–Crippen MR) is 281 cm³/mol. The SMILES string of the molecule is COc1ncc(C(=O)C(=O)c2cc(C(=O)OC(=O)C(=O)OC(=O)C(=O)OC(=O)c3cc(C(=O)C(=O)c4cnc(OC)c(C(=O)NS(=O)(=O)c5ccc(F)cc5F)c4)cc4c(C)ncnc34)c3ncnc(C)c3c2)cc1C(=O)NS(=O)(=O)c1ccc(F)cc1F. The predicted octanol–water partition coefficient (Wildman–Crippen LogP) is 3.06. The Morgan fingerprint density at radius 3 is 1.10 bits per heavy atom. The maximum absolute atomic E-state index is 14.4. The summed E-state index contributed by atoms with van der Waals surface area (Å²) in [6.07, 6.45) is 3.24. The molecule has 0 atom stereocenters. The van der Waals surface area contributed by atoms with Gasteiger partial charge in [-0.1, -0.05) is 0 Å². The lowest BCUT2D eigenvalue weighted by Crippen LogP contribution is -2.32. The Morgan fingerprint density at radius 2 is 0.753 bits per heavy atom. The molecule has 2 N–H and O–H groups in total. The number of amides is 2. The van der Waals surface area contributed by atoms with E-state index in [-0.39, 0.29) is 45.3 Å². The van der Waals surface area contributed by atoms with Crippen LogP contribution >= 0.6 is 0 Å². The fraction of sp³-hybridized carbons (Fsp3) is 0.0741. The third-order valence-electron chi connectivity index (χ3n) is 12.1. The number of carbonyl (C=O) groups is 12. The van der Waals surface area contributed by atoms with Crippen LogP contribution in [0.1, 0.15) is 94.3 Å². The van der Waals surface area contributed by atoms with Crippen molar-refractivity contribution in [2.75, 3.05) is 14.2 Å². The molecule has 0 bridgehead atoms. The molecule has 0 unspecified atom stereocenters. The zero-order valence-electron chi connectivity index (χ0n) is 44.8. The molecule has 0 saturated heterocycles. The number of hydrogen-bond donors (Lipinski definition) is 2. The first kappa shape index (κ1) is 63.1. The zero-order valence-corrected chi connectivity index (χ0v) is 46.5. The number of sulfonamides is 2. The molecule has 29 nitrogen and oxygen atoms in total. The molecule has 452 valence electrons. The van der Waals surface area contributed by atoms with Crippen molar-refractivity contribution in [3.8, 4) is 11.8 Å². The molecule has 0 radical (unpaired) electrons. The van der Waals surface area contributed by atoms with Crippen molar-refractivity contribution in [2.24, 2.45) is 0 Å². The molecule has 4 aromatic carbocycles. The van der Waals surface area contributed by atoms with Gasteiger partial charge in [-0.25, -0.2) is 103 Å². The second kappa shape index (κ2) is 25.0. The first-order valence-corrected chi connectivity index (χ1v) is 27.0. The summed E-state index contributed by atoms with van der Waals surface area (Å²) >= 11 is 0. The summed E-state index contributed by atoms with van der Waals surface area (Å²) in [5, 5.41) is -0.323. The number of benzene rings is 4. The highest BCUT2D eigenvalue weighted by Gasteiger charge is 2.35. The van der Waals surface area contributed by atoms with Crippen LogP contribution in [0.3, 0.4) is 0 Å². The van der Waals surface area contributed by atoms with Crippen molar-refractivity contribution < 1.29 is 116 Å². The Morgan fingerprint density at radius 1 is 0.416 bits per heavy atom. The number of nitrogens with zero attached hydrogens (tertiary/aromatic N) is 6. The van der Waals surface area contributed by atoms with Crippen molar-refractivity contribution in [1.82, 2.24) is 39.3 Å². The fourth-order valence-electron chi connectivity index (χ4n) is 7.86. The lowest BCUT2D eigenvalue weighted by molar-refractivity contribution is -0.176. The van der Waals surface area contributed by atoms with Gasteiger partial charge in [0.2, 0.25) is 34.9 Å². The summed E-state index contributed by atoms with van der Waals surface area (Å²) < 4.78 is 133. The van der Waals surface area contributed by atoms with Crippen LogP contribution < -0.4 is 18.9 Å². The number of fused-ring (bicyclic) bond motifs is 2. The number of esters is 6. The number of hydrogen-bond acceptors (Lipinski definition) is 27. The highest BCUT2D eigenvalue weighted by Crippen LogP contribution is 2.28. The molecule has 89 heavy (non-hydrogen) atoms. The van der Waals surface area contributed by atoms with Crippen LogP contribution in [0.25, 0.3) is 21.8 Å². The van der Waals surface area contributed by atoms with Crippen LogP contribution in [0.15, 0.2) is 108 Å². The fourth-order valence-corrected chi connectivity index (χ4v) is 9.92. The van der Waals surface area contributed by atoms with E-state index in [9.17, 15) is 91.9 Å². The van der Waals surface area contributed by atoms with Crippen LogP contribution in [-0.2, 0) is 53.4 Å². The average Bonchev–Trinajstić information content (AvgIpc) is 0.921. The van der Waals surface area contributed by atoms with Crippen LogP contribution in [0.2, 0.25) is 0 Å². The number of ketones is 4. The number of Topliss-reactive ketones (excluding diaryl/α,β-unsaturated/α-hetero) is 4. The monoisotopic (exact) mass is 1270 g/mol. The van der Waals surface area contributed by atoms with Crippen LogP contribution in [0, 0.1) is 37.1 Å². The Bertz CT molecular complexity index is 4480. The number of aromatic nitrogens is 6. The standard InChI is InChI=1S/C54H30F4N8O21S2/c1-21-29-9-23(41(67)43(69)25-13-33(47(83-3)59-17-25)45(71)65-88(79,80)37-7-5-27(55)15-35(37)57)11-31(39(29)63-19-61-21)49(73)85-51(75)53(77)87-54(78)52(76)86-50(74)32-12-24(10-30-22(2)62-20-64-40(30)32)42(68)44(70)26-14-34(48(84-4)60-18-26)46(72)66-89(81,82)38-8-6-28(56)16-36(38)58/h5-20H,1-4H3,(H,65,71)(H,66,72). The number of halogens is 4. The molecule has 8 rings (SSSR count). The molecule has 0 aliphatic carbocycles. The first-order valence-electron chi connectivity index (χ1n) is 24.0. The van der Waals surface area contributed by atoms with Gasteiger partial charge >= 0.3 is 35.8 Å². The van der Waals surface area contributed by atoms with E-state index in [1.807, 2.05) is 0 Å². The molecule has 4 heterocycles. The number of ether oxygens (including phenoxy) is 5. The second-order valence-electron chi connectivity index (χ2n) is 17.7. The smallest absolute Gasteiger partial charge is 0.426 e. The average molecular weight is 1270 g/mol. The van der Waals surface area contributed by atoms with Crippen molar-refractivity contribution >= 4 is 113 Å². The minimum Gasteiger partial charge on any atom is -0.480 e. The van der Waals surface area contributed by atoms with Gasteiger partial charge < -0.3 is 23.7 Å². The van der Waals surface area contributed by atoms with Gasteiger partial charge in [0.25, 0.3) is 31.9 Å². The van der Waals surface area contributed by atoms with Gasteiger partial charge in [0.05, 0.1) is 36.4 Å². The van der Waals surface area contributed by atoms with Crippen LogP contribution in [-0.4, -0.2) is 132 Å². The molecular formula is C54H30F4N8O21S2. The van der Waals surface area contributed by atoms with Crippen molar-refractivity contribution in [3.63, 3.8) is 0 Å². The maximum atomic E-state index is 14.4. The molecule has 35 heteroatoms. The number of carbonyl (C=O) groups excluding carboxylic acids is 12. The Labute approximate surface area is 492 Å². The Kier molecular flexibility index (Phi) is 17.7. The number of methoxy groups -OCH3 is 2. The highest BCUT2D eigenvalue weighted by molar-refractivity contribution is 7.90. The molecule has 0 saturated carbocycles. The minimum atomic E-state index is -5.06. The van der Waals surface area contributed by atoms with E-state index in [2.05, 4.69) is 44.1 Å². The summed E-state index contributed by atoms with van der Waals surface area (Å²) in [6.45, 7) is 2.67. The molecule has 8 aromatic rings. The minimum absolute atomic E-state index is 0.0232. The summed E-state index contributed by atoms with van der Waals surface area (Å²) in [5.41, 5.74) is -6.83. The van der Waals surface area contributed by atoms with Gasteiger partial charge in [0, 0.05) is 68.9 Å². The molecule has 0 aliphatic rings. The van der Waals surface area contributed by atoms with E-state index in [4.69, 9.17) is 9.47 Å². The third kappa shape index (κ3) is 13.2. The van der Waals surface area contributed by atoms with Crippen molar-refractivity contribution in [2.45, 2.75) is 23.6 Å².